The first-order valence-corrected chi connectivity index (χ1v) is 9.49. The van der Waals surface area contributed by atoms with Gasteiger partial charge in [0, 0.05) is 30.4 Å². The van der Waals surface area contributed by atoms with Crippen LogP contribution in [0, 0.1) is 5.92 Å². The van der Waals surface area contributed by atoms with E-state index < -0.39 is 0 Å². The second-order valence-electron chi connectivity index (χ2n) is 6.29. The lowest BCUT2D eigenvalue weighted by Crippen LogP contribution is -2.42. The molecule has 1 aromatic carbocycles. The molecule has 0 aliphatic carbocycles. The third-order valence-corrected chi connectivity index (χ3v) is 5.36. The molecule has 1 aromatic rings. The highest BCUT2D eigenvalue weighted by atomic mass is 32.2. The summed E-state index contributed by atoms with van der Waals surface area (Å²) in [4.78, 5) is 15.7. The van der Waals surface area contributed by atoms with E-state index in [2.05, 4.69) is 12.2 Å². The molecule has 1 N–H and O–H groups in total. The van der Waals surface area contributed by atoms with E-state index in [1.807, 2.05) is 30.3 Å². The SMILES string of the molecule is COc1cc(CN(C)C(=O)[C@H]2CCN[C@@H](C)C2)c(SC)cc1OC. The molecule has 0 unspecified atom stereocenters. The Kier molecular flexibility index (Phi) is 6.80. The van der Waals surface area contributed by atoms with Crippen LogP contribution in [0.1, 0.15) is 25.3 Å². The normalized spacial score (nSPS) is 20.5. The number of nitrogens with zero attached hydrogens (tertiary/aromatic N) is 1. The molecular formula is C18H28N2O3S. The molecule has 1 saturated heterocycles. The van der Waals surface area contributed by atoms with Crippen molar-refractivity contribution in [2.24, 2.45) is 5.92 Å². The van der Waals surface area contributed by atoms with Crippen LogP contribution in [0.15, 0.2) is 17.0 Å². The second-order valence-corrected chi connectivity index (χ2v) is 7.14. The highest BCUT2D eigenvalue weighted by molar-refractivity contribution is 7.98. The molecule has 1 amide bonds. The second kappa shape index (κ2) is 8.62. The number of methoxy groups -OCH3 is 2. The largest absolute Gasteiger partial charge is 0.493 e. The van der Waals surface area contributed by atoms with Crippen molar-refractivity contribution in [1.82, 2.24) is 10.2 Å². The average Bonchev–Trinajstić information content (AvgIpc) is 2.60. The number of thioether (sulfide) groups is 1. The molecule has 1 aliphatic heterocycles. The maximum Gasteiger partial charge on any atom is 0.225 e. The Morgan fingerprint density at radius 3 is 2.58 bits per heavy atom. The standard InChI is InChI=1S/C18H28N2O3S/c1-12-8-13(6-7-19-12)18(21)20(2)11-14-9-15(22-3)16(23-4)10-17(14)24-5/h9-10,12-13,19H,6-8,11H2,1-5H3/t12-,13-/m0/s1. The molecule has 6 heteroatoms. The van der Waals surface area contributed by atoms with Gasteiger partial charge in [-0.25, -0.2) is 0 Å². The lowest BCUT2D eigenvalue weighted by atomic mass is 9.92. The fraction of sp³-hybridized carbons (Fsp3) is 0.611. The molecule has 24 heavy (non-hydrogen) atoms. The minimum Gasteiger partial charge on any atom is -0.493 e. The zero-order valence-corrected chi connectivity index (χ0v) is 16.0. The van der Waals surface area contributed by atoms with Gasteiger partial charge >= 0.3 is 0 Å². The van der Waals surface area contributed by atoms with Crippen molar-refractivity contribution in [3.8, 4) is 11.5 Å². The Bertz CT molecular complexity index is 580. The van der Waals surface area contributed by atoms with Gasteiger partial charge in [-0.05, 0) is 50.3 Å². The molecule has 5 nitrogen and oxygen atoms in total. The molecule has 0 spiro atoms. The van der Waals surface area contributed by atoms with E-state index >= 15 is 0 Å². The molecule has 0 saturated carbocycles. The molecule has 2 atom stereocenters. The predicted molar refractivity (Wildman–Crippen MR) is 98.0 cm³/mol. The molecule has 1 fully saturated rings. The van der Waals surface area contributed by atoms with Crippen LogP contribution >= 0.6 is 11.8 Å². The molecule has 1 aliphatic rings. The number of hydrogen-bond donors (Lipinski definition) is 1. The number of nitrogens with one attached hydrogen (secondary N) is 1. The van der Waals surface area contributed by atoms with Crippen molar-refractivity contribution in [3.05, 3.63) is 17.7 Å². The van der Waals surface area contributed by atoms with Crippen molar-refractivity contribution >= 4 is 17.7 Å². The van der Waals surface area contributed by atoms with Gasteiger partial charge in [0.05, 0.1) is 14.2 Å². The van der Waals surface area contributed by atoms with Gasteiger partial charge in [0.25, 0.3) is 0 Å². The summed E-state index contributed by atoms with van der Waals surface area (Å²) in [5, 5.41) is 3.40. The molecule has 134 valence electrons. The average molecular weight is 353 g/mol. The van der Waals surface area contributed by atoms with Crippen LogP contribution in [0.5, 0.6) is 11.5 Å². The van der Waals surface area contributed by atoms with Crippen LogP contribution in [0.4, 0.5) is 0 Å². The minimum absolute atomic E-state index is 0.115. The van der Waals surface area contributed by atoms with Crippen LogP contribution in [-0.2, 0) is 11.3 Å². The van der Waals surface area contributed by atoms with Crippen LogP contribution in [0.3, 0.4) is 0 Å². The number of piperidine rings is 1. The van der Waals surface area contributed by atoms with Crippen LogP contribution in [0.25, 0.3) is 0 Å². The van der Waals surface area contributed by atoms with Gasteiger partial charge in [-0.1, -0.05) is 0 Å². The van der Waals surface area contributed by atoms with E-state index in [9.17, 15) is 4.79 Å². The highest BCUT2D eigenvalue weighted by Gasteiger charge is 2.27. The first-order chi connectivity index (χ1) is 11.5. The van der Waals surface area contributed by atoms with E-state index in [1.54, 1.807) is 26.0 Å². The fourth-order valence-corrected chi connectivity index (χ4v) is 3.83. The van der Waals surface area contributed by atoms with E-state index in [0.29, 0.717) is 24.1 Å². The highest BCUT2D eigenvalue weighted by Crippen LogP contribution is 2.35. The topological polar surface area (TPSA) is 50.8 Å². The van der Waals surface area contributed by atoms with Gasteiger partial charge < -0.3 is 19.7 Å². The number of carbonyl (C=O) groups is 1. The van der Waals surface area contributed by atoms with E-state index in [0.717, 1.165) is 29.8 Å². The summed E-state index contributed by atoms with van der Waals surface area (Å²) in [6.07, 6.45) is 3.85. The molecule has 2 rings (SSSR count). The molecule has 0 bridgehead atoms. The summed E-state index contributed by atoms with van der Waals surface area (Å²) in [6, 6.07) is 4.35. The van der Waals surface area contributed by atoms with Gasteiger partial charge in [0.1, 0.15) is 0 Å². The van der Waals surface area contributed by atoms with E-state index in [1.165, 1.54) is 0 Å². The summed E-state index contributed by atoms with van der Waals surface area (Å²) >= 11 is 1.65. The Labute approximate surface area is 149 Å². The quantitative estimate of drug-likeness (QED) is 0.798. The van der Waals surface area contributed by atoms with Crippen LogP contribution in [0.2, 0.25) is 0 Å². The molecule has 1 heterocycles. The van der Waals surface area contributed by atoms with E-state index in [4.69, 9.17) is 9.47 Å². The predicted octanol–water partition coefficient (Wildman–Crippen LogP) is 2.77. The lowest BCUT2D eigenvalue weighted by Gasteiger charge is -2.30. The minimum atomic E-state index is 0.115. The summed E-state index contributed by atoms with van der Waals surface area (Å²) in [5.41, 5.74) is 1.08. The third-order valence-electron chi connectivity index (χ3n) is 4.54. The van der Waals surface area contributed by atoms with Crippen molar-refractivity contribution in [2.45, 2.75) is 37.2 Å². The van der Waals surface area contributed by atoms with E-state index in [-0.39, 0.29) is 11.8 Å². The van der Waals surface area contributed by atoms with Crippen LogP contribution < -0.4 is 14.8 Å². The smallest absolute Gasteiger partial charge is 0.225 e. The van der Waals surface area contributed by atoms with Crippen molar-refractivity contribution in [2.75, 3.05) is 34.1 Å². The fourth-order valence-electron chi connectivity index (χ4n) is 3.22. The van der Waals surface area contributed by atoms with Crippen molar-refractivity contribution in [1.29, 1.82) is 0 Å². The van der Waals surface area contributed by atoms with Crippen molar-refractivity contribution < 1.29 is 14.3 Å². The molecule has 0 radical (unpaired) electrons. The summed E-state index contributed by atoms with van der Waals surface area (Å²) in [6.45, 7) is 3.63. The number of rotatable bonds is 6. The zero-order valence-electron chi connectivity index (χ0n) is 15.2. The van der Waals surface area contributed by atoms with Gasteiger partial charge in [0.15, 0.2) is 11.5 Å². The van der Waals surface area contributed by atoms with Crippen LogP contribution in [-0.4, -0.2) is 50.9 Å². The number of benzene rings is 1. The third kappa shape index (κ3) is 4.36. The molecular weight excluding hydrogens is 324 g/mol. The summed E-state index contributed by atoms with van der Waals surface area (Å²) in [5.74, 6) is 1.75. The first-order valence-electron chi connectivity index (χ1n) is 8.27. The van der Waals surface area contributed by atoms with Crippen molar-refractivity contribution in [3.63, 3.8) is 0 Å². The zero-order chi connectivity index (χ0) is 17.7. The maximum absolute atomic E-state index is 12.8. The summed E-state index contributed by atoms with van der Waals surface area (Å²) in [7, 11) is 5.15. The Balaban J connectivity index is 2.15. The lowest BCUT2D eigenvalue weighted by molar-refractivity contribution is -0.135. The maximum atomic E-state index is 12.8. The number of hydrogen-bond acceptors (Lipinski definition) is 5. The van der Waals surface area contributed by atoms with Gasteiger partial charge in [-0.15, -0.1) is 11.8 Å². The monoisotopic (exact) mass is 352 g/mol. The summed E-state index contributed by atoms with van der Waals surface area (Å²) < 4.78 is 10.8. The van der Waals surface area contributed by atoms with Gasteiger partial charge in [-0.3, -0.25) is 4.79 Å². The van der Waals surface area contributed by atoms with Gasteiger partial charge in [-0.2, -0.15) is 0 Å². The number of amides is 1. The molecule has 0 aromatic heterocycles. The Morgan fingerprint density at radius 1 is 1.33 bits per heavy atom. The number of ether oxygens (including phenoxy) is 2. The van der Waals surface area contributed by atoms with Gasteiger partial charge in [0.2, 0.25) is 5.91 Å². The Morgan fingerprint density at radius 2 is 2.00 bits per heavy atom. The number of carbonyl (C=O) groups excluding carboxylic acids is 1. The first kappa shape index (κ1) is 18.9. The Hall–Kier alpha value is -1.40.